The van der Waals surface area contributed by atoms with Gasteiger partial charge in [0.2, 0.25) is 6.29 Å². The minimum atomic E-state index is -0.464. The average Bonchev–Trinajstić information content (AvgIpc) is 2.66. The van der Waals surface area contributed by atoms with Gasteiger partial charge in [-0.1, -0.05) is 30.3 Å². The predicted octanol–water partition coefficient (Wildman–Crippen LogP) is 3.04. The molecule has 2 rings (SSSR count). The summed E-state index contributed by atoms with van der Waals surface area (Å²) >= 11 is 0. The summed E-state index contributed by atoms with van der Waals surface area (Å²) in [5.41, 5.74) is 1.86. The van der Waals surface area contributed by atoms with Crippen LogP contribution in [0.5, 0.6) is 5.75 Å². The highest BCUT2D eigenvalue weighted by atomic mass is 16.7. The molecule has 2 aromatic carbocycles. The van der Waals surface area contributed by atoms with Crippen LogP contribution in [-0.2, 0) is 20.8 Å². The van der Waals surface area contributed by atoms with E-state index in [-0.39, 0.29) is 17.8 Å². The quantitative estimate of drug-likeness (QED) is 0.218. The van der Waals surface area contributed by atoms with Gasteiger partial charge in [0.1, 0.15) is 18.8 Å². The van der Waals surface area contributed by atoms with E-state index in [1.165, 1.54) is 6.92 Å². The van der Waals surface area contributed by atoms with E-state index in [0.29, 0.717) is 28.7 Å². The van der Waals surface area contributed by atoms with Crippen molar-refractivity contribution in [2.24, 2.45) is 0 Å². The van der Waals surface area contributed by atoms with E-state index in [2.05, 4.69) is 14.1 Å². The zero-order valence-electron chi connectivity index (χ0n) is 17.1. The summed E-state index contributed by atoms with van der Waals surface area (Å²) in [5, 5.41) is 0. The van der Waals surface area contributed by atoms with E-state index in [1.807, 2.05) is 12.1 Å². The summed E-state index contributed by atoms with van der Waals surface area (Å²) < 4.78 is 16.5. The summed E-state index contributed by atoms with van der Waals surface area (Å²) in [4.78, 5) is 24.5. The van der Waals surface area contributed by atoms with Crippen LogP contribution in [0.3, 0.4) is 0 Å². The Morgan fingerprint density at radius 1 is 1.00 bits per heavy atom. The van der Waals surface area contributed by atoms with E-state index in [9.17, 15) is 9.59 Å². The molecule has 0 fully saturated rings. The number of likely N-dealkylation sites (N-methyl/N-ethyl adjacent to an activating group) is 1. The van der Waals surface area contributed by atoms with Crippen LogP contribution >= 0.6 is 0 Å². The molecule has 0 aromatic heterocycles. The van der Waals surface area contributed by atoms with Gasteiger partial charge in [0.05, 0.1) is 19.7 Å². The maximum absolute atomic E-state index is 13.0. The van der Waals surface area contributed by atoms with Gasteiger partial charge in [0.15, 0.2) is 5.78 Å². The predicted molar refractivity (Wildman–Crippen MR) is 106 cm³/mol. The number of rotatable bonds is 9. The first kappa shape index (κ1) is 21.8. The van der Waals surface area contributed by atoms with Gasteiger partial charge >= 0.3 is 5.97 Å². The average molecular weight is 386 g/mol. The zero-order chi connectivity index (χ0) is 20.7. The van der Waals surface area contributed by atoms with E-state index in [4.69, 9.17) is 14.2 Å². The number of hydrogen-bond donors (Lipinski definition) is 0. The lowest BCUT2D eigenvalue weighted by Gasteiger charge is -2.32. The number of ether oxygens (including phenoxy) is 3. The third-order valence-electron chi connectivity index (χ3n) is 4.36. The summed E-state index contributed by atoms with van der Waals surface area (Å²) in [6, 6.07) is 14.3. The molecule has 150 valence electrons. The van der Waals surface area contributed by atoms with Crippen molar-refractivity contribution < 1.29 is 28.3 Å². The fourth-order valence-electron chi connectivity index (χ4n) is 3.05. The van der Waals surface area contributed by atoms with Crippen LogP contribution in [0.2, 0.25) is 0 Å². The van der Waals surface area contributed by atoms with E-state index >= 15 is 0 Å². The Bertz CT molecular complexity index is 813. The van der Waals surface area contributed by atoms with Gasteiger partial charge in [-0.3, -0.25) is 9.59 Å². The molecule has 0 unspecified atom stereocenters. The molecule has 28 heavy (non-hydrogen) atoms. The van der Waals surface area contributed by atoms with E-state index in [0.717, 1.165) is 5.56 Å². The topological polar surface area (TPSA) is 61.8 Å². The number of methoxy groups -OCH3 is 2. The lowest BCUT2D eigenvalue weighted by atomic mass is 10.00. The standard InChI is InChI=1S/C22H28NO5/c1-16(24)28-20-12-11-17(14-23(2,3)15-21(26-4)27-5)13-19(20)22(25)18-9-7-6-8-10-18/h6-13,21H,14-15H2,1-5H3/q+1. The Hall–Kier alpha value is -2.54. The van der Waals surface area contributed by atoms with Crippen molar-refractivity contribution in [3.05, 3.63) is 65.2 Å². The summed E-state index contributed by atoms with van der Waals surface area (Å²) in [5.74, 6) is -0.383. The largest absolute Gasteiger partial charge is 0.426 e. The molecular weight excluding hydrogens is 358 g/mol. The van der Waals surface area contributed by atoms with Crippen molar-refractivity contribution in [3.8, 4) is 5.75 Å². The number of carbonyl (C=O) groups is 2. The molecule has 6 heteroatoms. The molecule has 0 aliphatic heterocycles. The second-order valence-corrected chi connectivity index (χ2v) is 7.30. The van der Waals surface area contributed by atoms with Crippen LogP contribution in [0.15, 0.2) is 48.5 Å². The molecule has 0 saturated heterocycles. The fraction of sp³-hybridized carbons (Fsp3) is 0.364. The summed E-state index contributed by atoms with van der Waals surface area (Å²) in [7, 11) is 7.34. The molecule has 0 radical (unpaired) electrons. The second kappa shape index (κ2) is 9.59. The first-order valence-corrected chi connectivity index (χ1v) is 9.04. The minimum Gasteiger partial charge on any atom is -0.426 e. The Balaban J connectivity index is 2.35. The van der Waals surface area contributed by atoms with Crippen molar-refractivity contribution in [1.82, 2.24) is 0 Å². The molecule has 0 saturated carbocycles. The number of hydrogen-bond acceptors (Lipinski definition) is 5. The van der Waals surface area contributed by atoms with E-state index < -0.39 is 5.97 Å². The maximum atomic E-state index is 13.0. The van der Waals surface area contributed by atoms with Gasteiger partial charge in [-0.15, -0.1) is 0 Å². The molecule has 6 nitrogen and oxygen atoms in total. The summed E-state index contributed by atoms with van der Waals surface area (Å²) in [6.45, 7) is 2.61. The molecule has 0 aliphatic rings. The van der Waals surface area contributed by atoms with Gasteiger partial charge in [0, 0.05) is 32.3 Å². The molecule has 0 heterocycles. The Morgan fingerprint density at radius 2 is 1.64 bits per heavy atom. The number of quaternary nitrogens is 1. The zero-order valence-corrected chi connectivity index (χ0v) is 17.1. The lowest BCUT2D eigenvalue weighted by molar-refractivity contribution is -0.909. The van der Waals surface area contributed by atoms with Gasteiger partial charge < -0.3 is 18.7 Å². The van der Waals surface area contributed by atoms with Crippen LogP contribution in [0.4, 0.5) is 0 Å². The first-order valence-electron chi connectivity index (χ1n) is 9.04. The molecule has 0 atom stereocenters. The highest BCUT2D eigenvalue weighted by molar-refractivity contribution is 6.11. The Kier molecular flexibility index (Phi) is 7.45. The minimum absolute atomic E-state index is 0.185. The van der Waals surface area contributed by atoms with Crippen LogP contribution < -0.4 is 4.74 Å². The monoisotopic (exact) mass is 386 g/mol. The normalized spacial score (nSPS) is 11.5. The van der Waals surface area contributed by atoms with Crippen molar-refractivity contribution in [3.63, 3.8) is 0 Å². The lowest BCUT2D eigenvalue weighted by Crippen LogP contribution is -2.45. The number of esters is 1. The number of nitrogens with zero attached hydrogens (tertiary/aromatic N) is 1. The number of benzene rings is 2. The third kappa shape index (κ3) is 5.99. The molecule has 0 bridgehead atoms. The first-order chi connectivity index (χ1) is 13.3. The van der Waals surface area contributed by atoms with E-state index in [1.54, 1.807) is 50.6 Å². The smallest absolute Gasteiger partial charge is 0.308 e. The number of carbonyl (C=O) groups excluding carboxylic acids is 2. The maximum Gasteiger partial charge on any atom is 0.308 e. The summed E-state index contributed by atoms with van der Waals surface area (Å²) in [6.07, 6.45) is -0.319. The van der Waals surface area contributed by atoms with Crippen LogP contribution in [-0.4, -0.2) is 57.4 Å². The SMILES string of the molecule is COC(C[N+](C)(C)Cc1ccc(OC(C)=O)c(C(=O)c2ccccc2)c1)OC. The third-order valence-corrected chi connectivity index (χ3v) is 4.36. The Morgan fingerprint density at radius 3 is 2.21 bits per heavy atom. The van der Waals surface area contributed by atoms with Gasteiger partial charge in [-0.05, 0) is 18.2 Å². The van der Waals surface area contributed by atoms with Gasteiger partial charge in [-0.25, -0.2) is 0 Å². The second-order valence-electron chi connectivity index (χ2n) is 7.30. The van der Waals surface area contributed by atoms with Crippen LogP contribution in [0, 0.1) is 0 Å². The molecule has 0 aliphatic carbocycles. The molecule has 0 N–H and O–H groups in total. The fourth-order valence-corrected chi connectivity index (χ4v) is 3.05. The molecular formula is C22H28NO5+. The Labute approximate surface area is 166 Å². The van der Waals surface area contributed by atoms with Gasteiger partial charge in [0.25, 0.3) is 0 Å². The van der Waals surface area contributed by atoms with Crippen molar-refractivity contribution in [2.75, 3.05) is 34.9 Å². The van der Waals surface area contributed by atoms with Crippen molar-refractivity contribution in [1.29, 1.82) is 0 Å². The number of ketones is 1. The molecule has 2 aromatic rings. The highest BCUT2D eigenvalue weighted by Gasteiger charge is 2.24. The van der Waals surface area contributed by atoms with Crippen molar-refractivity contribution >= 4 is 11.8 Å². The molecule has 0 amide bonds. The van der Waals surface area contributed by atoms with Crippen LogP contribution in [0.25, 0.3) is 0 Å². The van der Waals surface area contributed by atoms with Gasteiger partial charge in [-0.2, -0.15) is 0 Å². The highest BCUT2D eigenvalue weighted by Crippen LogP contribution is 2.25. The van der Waals surface area contributed by atoms with Crippen LogP contribution in [0.1, 0.15) is 28.4 Å². The molecule has 0 spiro atoms. The van der Waals surface area contributed by atoms with Crippen molar-refractivity contribution in [2.45, 2.75) is 19.8 Å².